The average Bonchev–Trinajstić information content (AvgIpc) is 2.90. The van der Waals surface area contributed by atoms with Crippen molar-refractivity contribution in [3.8, 4) is 0 Å². The van der Waals surface area contributed by atoms with Gasteiger partial charge in [0.25, 0.3) is 0 Å². The number of alkyl halides is 3. The van der Waals surface area contributed by atoms with Crippen LogP contribution in [0, 0.1) is 0 Å². The molecule has 1 aromatic heterocycles. The minimum atomic E-state index is -4.57. The topological polar surface area (TPSA) is 59.8 Å². The molecule has 2 rings (SSSR count). The quantitative estimate of drug-likeness (QED) is 0.942. The van der Waals surface area contributed by atoms with Crippen molar-refractivity contribution in [3.63, 3.8) is 0 Å². The van der Waals surface area contributed by atoms with Crippen molar-refractivity contribution in [2.24, 2.45) is 0 Å². The van der Waals surface area contributed by atoms with Gasteiger partial charge in [0.1, 0.15) is 12.7 Å². The molecule has 1 N–H and O–H groups in total. The summed E-state index contributed by atoms with van der Waals surface area (Å²) >= 11 is 5.49. The second kappa shape index (κ2) is 6.13. The highest BCUT2D eigenvalue weighted by atomic mass is 35.5. The monoisotopic (exact) mass is 318 g/mol. The molecule has 1 amide bonds. The third-order valence-corrected chi connectivity index (χ3v) is 2.92. The molecule has 2 aromatic rings. The molecule has 0 saturated heterocycles. The number of aromatic nitrogens is 3. The molecule has 0 fully saturated rings. The SMILES string of the molecule is O=C(CCn1cncn1)Nc1ccc(Cl)c(C(F)(F)F)c1. The van der Waals surface area contributed by atoms with Crippen molar-refractivity contribution in [2.45, 2.75) is 19.1 Å². The Kier molecular flexibility index (Phi) is 4.46. The highest BCUT2D eigenvalue weighted by Crippen LogP contribution is 2.36. The highest BCUT2D eigenvalue weighted by molar-refractivity contribution is 6.31. The summed E-state index contributed by atoms with van der Waals surface area (Å²) in [5.74, 6) is -0.430. The van der Waals surface area contributed by atoms with E-state index in [0.29, 0.717) is 0 Å². The van der Waals surface area contributed by atoms with Crippen LogP contribution in [0.15, 0.2) is 30.9 Å². The van der Waals surface area contributed by atoms with Crippen molar-refractivity contribution < 1.29 is 18.0 Å². The van der Waals surface area contributed by atoms with Crippen molar-refractivity contribution in [3.05, 3.63) is 41.4 Å². The van der Waals surface area contributed by atoms with E-state index in [1.54, 1.807) is 0 Å². The van der Waals surface area contributed by atoms with Crippen LogP contribution in [-0.2, 0) is 17.5 Å². The molecule has 0 unspecified atom stereocenters. The normalized spacial score (nSPS) is 11.4. The van der Waals surface area contributed by atoms with Crippen LogP contribution >= 0.6 is 11.6 Å². The first-order valence-corrected chi connectivity index (χ1v) is 6.23. The average molecular weight is 319 g/mol. The molecule has 0 radical (unpaired) electrons. The summed E-state index contributed by atoms with van der Waals surface area (Å²) in [6, 6.07) is 3.21. The fourth-order valence-corrected chi connectivity index (χ4v) is 1.83. The second-order valence-corrected chi connectivity index (χ2v) is 4.56. The number of anilines is 1. The lowest BCUT2D eigenvalue weighted by atomic mass is 10.2. The number of rotatable bonds is 4. The van der Waals surface area contributed by atoms with E-state index in [1.807, 2.05) is 0 Å². The molecule has 1 heterocycles. The summed E-state index contributed by atoms with van der Waals surface area (Å²) in [6.07, 6.45) is -1.74. The van der Waals surface area contributed by atoms with Crippen LogP contribution in [0.5, 0.6) is 0 Å². The number of carbonyl (C=O) groups is 1. The summed E-state index contributed by atoms with van der Waals surface area (Å²) in [5.41, 5.74) is -0.950. The summed E-state index contributed by atoms with van der Waals surface area (Å²) in [4.78, 5) is 15.4. The van der Waals surface area contributed by atoms with Gasteiger partial charge in [0, 0.05) is 12.1 Å². The third kappa shape index (κ3) is 4.19. The Morgan fingerprint density at radius 1 is 1.38 bits per heavy atom. The Hall–Kier alpha value is -2.09. The van der Waals surface area contributed by atoms with Crippen molar-refractivity contribution >= 4 is 23.2 Å². The molecular weight excluding hydrogens is 309 g/mol. The summed E-state index contributed by atoms with van der Waals surface area (Å²) in [7, 11) is 0. The van der Waals surface area contributed by atoms with E-state index in [2.05, 4.69) is 15.4 Å². The molecule has 21 heavy (non-hydrogen) atoms. The molecule has 0 aliphatic heterocycles. The van der Waals surface area contributed by atoms with E-state index in [9.17, 15) is 18.0 Å². The molecule has 1 aromatic carbocycles. The van der Waals surface area contributed by atoms with Crippen LogP contribution < -0.4 is 5.32 Å². The first-order valence-electron chi connectivity index (χ1n) is 5.85. The van der Waals surface area contributed by atoms with Gasteiger partial charge in [0.15, 0.2) is 0 Å². The smallest absolute Gasteiger partial charge is 0.326 e. The van der Waals surface area contributed by atoms with Crippen molar-refractivity contribution in [2.75, 3.05) is 5.32 Å². The fourth-order valence-electron chi connectivity index (χ4n) is 1.61. The lowest BCUT2D eigenvalue weighted by molar-refractivity contribution is -0.137. The van der Waals surface area contributed by atoms with Gasteiger partial charge in [-0.15, -0.1) is 0 Å². The number of carbonyl (C=O) groups excluding carboxylic acids is 1. The van der Waals surface area contributed by atoms with Crippen LogP contribution in [0.3, 0.4) is 0 Å². The molecule has 0 bridgehead atoms. The van der Waals surface area contributed by atoms with Crippen LogP contribution in [-0.4, -0.2) is 20.7 Å². The van der Waals surface area contributed by atoms with Crippen LogP contribution in [0.2, 0.25) is 5.02 Å². The van der Waals surface area contributed by atoms with Gasteiger partial charge in [-0.3, -0.25) is 9.48 Å². The lowest BCUT2D eigenvalue weighted by Gasteiger charge is -2.11. The maximum atomic E-state index is 12.7. The molecule has 9 heteroatoms. The zero-order valence-corrected chi connectivity index (χ0v) is 11.3. The number of aryl methyl sites for hydroxylation is 1. The highest BCUT2D eigenvalue weighted by Gasteiger charge is 2.33. The largest absolute Gasteiger partial charge is 0.417 e. The molecular formula is C12H10ClF3N4O. The van der Waals surface area contributed by atoms with Gasteiger partial charge in [-0.1, -0.05) is 11.6 Å². The Morgan fingerprint density at radius 2 is 2.14 bits per heavy atom. The Balaban J connectivity index is 2.01. The molecule has 0 spiro atoms. The zero-order chi connectivity index (χ0) is 15.5. The first kappa shape index (κ1) is 15.3. The van der Waals surface area contributed by atoms with Gasteiger partial charge in [-0.05, 0) is 18.2 Å². The Labute approximate surface area is 122 Å². The number of amides is 1. The van der Waals surface area contributed by atoms with Gasteiger partial charge < -0.3 is 5.32 Å². The third-order valence-electron chi connectivity index (χ3n) is 2.59. The van der Waals surface area contributed by atoms with Crippen LogP contribution in [0.4, 0.5) is 18.9 Å². The van der Waals surface area contributed by atoms with Gasteiger partial charge in [0.2, 0.25) is 5.91 Å². The fraction of sp³-hybridized carbons (Fsp3) is 0.250. The lowest BCUT2D eigenvalue weighted by Crippen LogP contribution is -2.15. The standard InChI is InChI=1S/C12H10ClF3N4O/c13-10-2-1-8(5-9(10)12(14,15)16)19-11(21)3-4-20-7-17-6-18-20/h1-2,5-7H,3-4H2,(H,19,21). The molecule has 0 aliphatic carbocycles. The maximum absolute atomic E-state index is 12.7. The molecule has 112 valence electrons. The van der Waals surface area contributed by atoms with E-state index < -0.39 is 22.7 Å². The predicted molar refractivity (Wildman–Crippen MR) is 69.7 cm³/mol. The van der Waals surface area contributed by atoms with Gasteiger partial charge in [-0.25, -0.2) is 4.98 Å². The Morgan fingerprint density at radius 3 is 2.76 bits per heavy atom. The minimum absolute atomic E-state index is 0.0373. The second-order valence-electron chi connectivity index (χ2n) is 4.15. The zero-order valence-electron chi connectivity index (χ0n) is 10.6. The van der Waals surface area contributed by atoms with Crippen LogP contribution in [0.25, 0.3) is 0 Å². The van der Waals surface area contributed by atoms with Crippen molar-refractivity contribution in [1.29, 1.82) is 0 Å². The number of nitrogens with zero attached hydrogens (tertiary/aromatic N) is 3. The summed E-state index contributed by atoms with van der Waals surface area (Å²) < 4.78 is 39.5. The van der Waals surface area contributed by atoms with Gasteiger partial charge >= 0.3 is 6.18 Å². The number of hydrogen-bond acceptors (Lipinski definition) is 3. The van der Waals surface area contributed by atoms with E-state index in [0.717, 1.165) is 12.1 Å². The number of benzene rings is 1. The van der Waals surface area contributed by atoms with E-state index >= 15 is 0 Å². The Bertz CT molecular complexity index is 628. The number of halogens is 4. The number of hydrogen-bond donors (Lipinski definition) is 1. The van der Waals surface area contributed by atoms with E-state index in [-0.39, 0.29) is 18.7 Å². The van der Waals surface area contributed by atoms with Crippen molar-refractivity contribution in [1.82, 2.24) is 14.8 Å². The molecule has 0 atom stereocenters. The molecule has 0 saturated carbocycles. The summed E-state index contributed by atoms with van der Waals surface area (Å²) in [5, 5.41) is 5.78. The van der Waals surface area contributed by atoms with E-state index in [4.69, 9.17) is 11.6 Å². The minimum Gasteiger partial charge on any atom is -0.326 e. The van der Waals surface area contributed by atoms with Gasteiger partial charge in [0.05, 0.1) is 17.1 Å². The predicted octanol–water partition coefficient (Wildman–Crippen LogP) is 2.98. The first-order chi connectivity index (χ1) is 9.86. The van der Waals surface area contributed by atoms with E-state index in [1.165, 1.54) is 23.4 Å². The summed E-state index contributed by atoms with van der Waals surface area (Å²) in [6.45, 7) is 0.283. The molecule has 0 aliphatic rings. The number of nitrogens with one attached hydrogen (secondary N) is 1. The molecule has 5 nitrogen and oxygen atoms in total. The van der Waals surface area contributed by atoms with Crippen LogP contribution in [0.1, 0.15) is 12.0 Å². The maximum Gasteiger partial charge on any atom is 0.417 e. The van der Waals surface area contributed by atoms with Gasteiger partial charge in [-0.2, -0.15) is 18.3 Å².